The van der Waals surface area contributed by atoms with E-state index in [4.69, 9.17) is 14.6 Å². The minimum absolute atomic E-state index is 0.473. The Balaban J connectivity index is 2.12. The van der Waals surface area contributed by atoms with Crippen LogP contribution in [-0.2, 0) is 9.47 Å². The molecule has 0 saturated carbocycles. The second-order valence-electron chi connectivity index (χ2n) is 3.91. The zero-order valence-electron chi connectivity index (χ0n) is 7.70. The first-order valence-electron chi connectivity index (χ1n) is 4.49. The van der Waals surface area contributed by atoms with Crippen LogP contribution in [0.1, 0.15) is 6.92 Å². The first-order valence-corrected chi connectivity index (χ1v) is 4.49. The molecule has 2 saturated heterocycles. The molecule has 0 aliphatic carbocycles. The van der Waals surface area contributed by atoms with Crippen molar-refractivity contribution >= 4 is 0 Å². The van der Waals surface area contributed by atoms with Gasteiger partial charge in [-0.05, 0) is 6.92 Å². The largest absolute Gasteiger partial charge is 0.394 e. The van der Waals surface area contributed by atoms with E-state index in [0.717, 1.165) is 0 Å². The van der Waals surface area contributed by atoms with Gasteiger partial charge in [0, 0.05) is 0 Å². The van der Waals surface area contributed by atoms with E-state index in [2.05, 4.69) is 0 Å². The van der Waals surface area contributed by atoms with Crippen LogP contribution in [0.3, 0.4) is 0 Å². The third kappa shape index (κ3) is 1.27. The fourth-order valence-electron chi connectivity index (χ4n) is 1.96. The summed E-state index contributed by atoms with van der Waals surface area (Å²) < 4.78 is 10.2. The maximum Gasteiger partial charge on any atom is 0.184 e. The highest BCUT2D eigenvalue weighted by Gasteiger charge is 2.68. The topological polar surface area (TPSA) is 103 Å². The molecular weight excluding hydrogens is 192 g/mol. The maximum atomic E-state index is 9.40. The van der Waals surface area contributed by atoms with E-state index in [1.165, 1.54) is 0 Å². The number of aliphatic hydroxyl groups is 4. The predicted molar refractivity (Wildman–Crippen MR) is 43.3 cm³/mol. The molecular formula is C8H14O6. The molecule has 4 N–H and O–H groups in total. The van der Waals surface area contributed by atoms with Crippen molar-refractivity contribution in [1.29, 1.82) is 0 Å². The lowest BCUT2D eigenvalue weighted by molar-refractivity contribution is -0.235. The summed E-state index contributed by atoms with van der Waals surface area (Å²) >= 11 is 0. The van der Waals surface area contributed by atoms with E-state index in [1.807, 2.05) is 0 Å². The second-order valence-corrected chi connectivity index (χ2v) is 3.91. The third-order valence-corrected chi connectivity index (χ3v) is 2.88. The average Bonchev–Trinajstić information content (AvgIpc) is 2.84. The molecule has 2 fully saturated rings. The van der Waals surface area contributed by atoms with Crippen molar-refractivity contribution in [2.45, 2.75) is 43.2 Å². The van der Waals surface area contributed by atoms with Crippen LogP contribution in [0.4, 0.5) is 0 Å². The fraction of sp³-hybridized carbons (Fsp3) is 1.00. The van der Waals surface area contributed by atoms with Crippen molar-refractivity contribution in [3.05, 3.63) is 0 Å². The van der Waals surface area contributed by atoms with Crippen molar-refractivity contribution in [2.75, 3.05) is 6.61 Å². The average molecular weight is 206 g/mol. The normalized spacial score (nSPS) is 53.8. The number of rotatable bonds is 2. The van der Waals surface area contributed by atoms with Crippen molar-refractivity contribution in [1.82, 2.24) is 0 Å². The molecule has 0 aromatic carbocycles. The van der Waals surface area contributed by atoms with Crippen LogP contribution < -0.4 is 0 Å². The van der Waals surface area contributed by atoms with E-state index in [-0.39, 0.29) is 0 Å². The molecule has 0 radical (unpaired) electrons. The summed E-state index contributed by atoms with van der Waals surface area (Å²) in [6, 6.07) is 0. The summed E-state index contributed by atoms with van der Waals surface area (Å²) in [4.78, 5) is 0. The first kappa shape index (κ1) is 10.3. The highest BCUT2D eigenvalue weighted by molar-refractivity contribution is 5.13. The van der Waals surface area contributed by atoms with E-state index in [0.29, 0.717) is 0 Å². The summed E-state index contributed by atoms with van der Waals surface area (Å²) in [6.07, 6.45) is -4.93. The Morgan fingerprint density at radius 1 is 1.43 bits per heavy atom. The molecule has 6 heteroatoms. The summed E-state index contributed by atoms with van der Waals surface area (Å²) in [5.74, 6) is 0. The van der Waals surface area contributed by atoms with Gasteiger partial charge in [0.25, 0.3) is 0 Å². The van der Waals surface area contributed by atoms with Crippen LogP contribution >= 0.6 is 0 Å². The first-order chi connectivity index (χ1) is 6.50. The molecule has 0 amide bonds. The van der Waals surface area contributed by atoms with Gasteiger partial charge in [-0.3, -0.25) is 0 Å². The standard InChI is InChI=1S/C8H14O6/c1-8-5(3(10)2-9)13-7(12)4(11)6(8)14-8/h3-7,9-12H,2H2,1H3/t3?,4?,5?,6?,7?,8-/m1/s1. The number of hydrogen-bond acceptors (Lipinski definition) is 6. The van der Waals surface area contributed by atoms with Crippen molar-refractivity contribution in [3.63, 3.8) is 0 Å². The van der Waals surface area contributed by atoms with E-state index >= 15 is 0 Å². The van der Waals surface area contributed by atoms with Crippen molar-refractivity contribution in [2.24, 2.45) is 0 Å². The maximum absolute atomic E-state index is 9.40. The molecule has 2 aliphatic rings. The molecule has 82 valence electrons. The quantitative estimate of drug-likeness (QED) is 0.375. The molecule has 6 nitrogen and oxygen atoms in total. The van der Waals surface area contributed by atoms with Crippen LogP contribution in [0.15, 0.2) is 0 Å². The van der Waals surface area contributed by atoms with Gasteiger partial charge in [0.15, 0.2) is 6.29 Å². The molecule has 14 heavy (non-hydrogen) atoms. The summed E-state index contributed by atoms with van der Waals surface area (Å²) in [6.45, 7) is 1.19. The van der Waals surface area contributed by atoms with Gasteiger partial charge in [0.2, 0.25) is 0 Å². The summed E-state index contributed by atoms with van der Waals surface area (Å²) in [5.41, 5.74) is -0.805. The van der Waals surface area contributed by atoms with E-state index in [9.17, 15) is 15.3 Å². The highest BCUT2D eigenvalue weighted by Crippen LogP contribution is 2.48. The minimum atomic E-state index is -1.37. The summed E-state index contributed by atoms with van der Waals surface area (Å²) in [5, 5.41) is 36.8. The molecule has 0 spiro atoms. The number of epoxide rings is 1. The zero-order chi connectivity index (χ0) is 10.5. The Bertz CT molecular complexity index is 234. The number of ether oxygens (including phenoxy) is 2. The van der Waals surface area contributed by atoms with Crippen molar-refractivity contribution < 1.29 is 29.9 Å². The minimum Gasteiger partial charge on any atom is -0.394 e. The Labute approximate surface area is 80.7 Å². The molecule has 0 aromatic rings. The molecule has 6 atom stereocenters. The van der Waals surface area contributed by atoms with Gasteiger partial charge in [-0.1, -0.05) is 0 Å². The second kappa shape index (κ2) is 3.13. The smallest absolute Gasteiger partial charge is 0.184 e. The molecule has 0 aromatic heterocycles. The van der Waals surface area contributed by atoms with Gasteiger partial charge >= 0.3 is 0 Å². The van der Waals surface area contributed by atoms with Crippen LogP contribution in [0.5, 0.6) is 0 Å². The Morgan fingerprint density at radius 2 is 2.07 bits per heavy atom. The molecule has 2 aliphatic heterocycles. The molecule has 2 heterocycles. The lowest BCUT2D eigenvalue weighted by Crippen LogP contribution is -2.55. The monoisotopic (exact) mass is 206 g/mol. The van der Waals surface area contributed by atoms with Gasteiger partial charge in [0.05, 0.1) is 6.61 Å². The Hall–Kier alpha value is -0.240. The lowest BCUT2D eigenvalue weighted by Gasteiger charge is -2.33. The van der Waals surface area contributed by atoms with Crippen molar-refractivity contribution in [3.8, 4) is 0 Å². The molecule has 0 bridgehead atoms. The highest BCUT2D eigenvalue weighted by atomic mass is 16.7. The Morgan fingerprint density at radius 3 is 2.64 bits per heavy atom. The van der Waals surface area contributed by atoms with Gasteiger partial charge in [-0.15, -0.1) is 0 Å². The SMILES string of the molecule is C[C@]12OC1C(O)C(O)OC2C(O)CO. The van der Waals surface area contributed by atoms with Crippen LogP contribution in [0.2, 0.25) is 0 Å². The predicted octanol–water partition coefficient (Wildman–Crippen LogP) is -2.42. The zero-order valence-corrected chi connectivity index (χ0v) is 7.70. The van der Waals surface area contributed by atoms with Crippen LogP contribution in [0, 0.1) is 0 Å². The Kier molecular flexibility index (Phi) is 2.30. The lowest BCUT2D eigenvalue weighted by atomic mass is 9.90. The summed E-state index contributed by atoms with van der Waals surface area (Å²) in [7, 11) is 0. The number of hydrogen-bond donors (Lipinski definition) is 4. The van der Waals surface area contributed by atoms with Crippen LogP contribution in [-0.4, -0.2) is 63.3 Å². The van der Waals surface area contributed by atoms with Gasteiger partial charge in [-0.25, -0.2) is 0 Å². The van der Waals surface area contributed by atoms with Gasteiger partial charge in [0.1, 0.15) is 30.0 Å². The number of aliphatic hydroxyl groups excluding tert-OH is 4. The van der Waals surface area contributed by atoms with E-state index in [1.54, 1.807) is 6.92 Å². The van der Waals surface area contributed by atoms with Gasteiger partial charge < -0.3 is 29.9 Å². The van der Waals surface area contributed by atoms with E-state index < -0.39 is 42.9 Å². The molecule has 2 rings (SSSR count). The number of fused-ring (bicyclic) bond motifs is 1. The van der Waals surface area contributed by atoms with Gasteiger partial charge in [-0.2, -0.15) is 0 Å². The molecule has 5 unspecified atom stereocenters. The third-order valence-electron chi connectivity index (χ3n) is 2.88. The fourth-order valence-corrected chi connectivity index (χ4v) is 1.96. The van der Waals surface area contributed by atoms with Crippen LogP contribution in [0.25, 0.3) is 0 Å².